The molecule has 0 amide bonds. The van der Waals surface area contributed by atoms with Crippen molar-refractivity contribution in [3.63, 3.8) is 0 Å². The second-order valence-electron chi connectivity index (χ2n) is 3.74. The van der Waals surface area contributed by atoms with Crippen LogP contribution in [0.3, 0.4) is 0 Å². The number of anilines is 1. The highest BCUT2D eigenvalue weighted by molar-refractivity contribution is 5.56. The van der Waals surface area contributed by atoms with E-state index in [9.17, 15) is 13.2 Å². The molecule has 6 heteroatoms. The monoisotopic (exact) mass is 268 g/mol. The minimum absolute atomic E-state index is 0.0434. The molecule has 19 heavy (non-hydrogen) atoms. The molecule has 0 saturated heterocycles. The lowest BCUT2D eigenvalue weighted by molar-refractivity contribution is -0.0493. The van der Waals surface area contributed by atoms with Crippen LogP contribution in [0.15, 0.2) is 42.7 Å². The molecule has 1 aromatic carbocycles. The Labute approximate surface area is 108 Å². The molecule has 1 heterocycles. The molecule has 0 aliphatic carbocycles. The van der Waals surface area contributed by atoms with Crippen molar-refractivity contribution in [2.75, 3.05) is 5.32 Å². The summed E-state index contributed by atoms with van der Waals surface area (Å²) in [5.74, 6) is -0.404. The van der Waals surface area contributed by atoms with Crippen LogP contribution in [0.25, 0.3) is 0 Å². The van der Waals surface area contributed by atoms with Crippen LogP contribution in [-0.2, 0) is 6.54 Å². The Bertz CT molecular complexity index is 549. The van der Waals surface area contributed by atoms with Gasteiger partial charge in [0.2, 0.25) is 0 Å². The van der Waals surface area contributed by atoms with E-state index in [1.165, 1.54) is 18.3 Å². The fraction of sp³-hybridized carbons (Fsp3) is 0.154. The standard InChI is InChI=1S/C13H11F3N2O/c14-10-5-9(6-17-8-10)7-18-11-3-1-2-4-12(11)19-13(15)16/h1-6,8,13,18H,7H2. The van der Waals surface area contributed by atoms with Crippen LogP contribution in [0.2, 0.25) is 0 Å². The van der Waals surface area contributed by atoms with Gasteiger partial charge in [-0.2, -0.15) is 8.78 Å². The first-order valence-electron chi connectivity index (χ1n) is 5.52. The van der Waals surface area contributed by atoms with Crippen molar-refractivity contribution >= 4 is 5.69 Å². The highest BCUT2D eigenvalue weighted by Crippen LogP contribution is 2.25. The second-order valence-corrected chi connectivity index (χ2v) is 3.74. The SMILES string of the molecule is Fc1cncc(CNc2ccccc2OC(F)F)c1. The largest absolute Gasteiger partial charge is 0.433 e. The molecule has 0 aliphatic heterocycles. The Morgan fingerprint density at radius 3 is 2.74 bits per heavy atom. The topological polar surface area (TPSA) is 34.2 Å². The number of alkyl halides is 2. The molecule has 0 radical (unpaired) electrons. The van der Waals surface area contributed by atoms with E-state index in [2.05, 4.69) is 15.0 Å². The second kappa shape index (κ2) is 6.08. The van der Waals surface area contributed by atoms with Gasteiger partial charge in [0.15, 0.2) is 0 Å². The minimum atomic E-state index is -2.89. The molecule has 0 bridgehead atoms. The first-order chi connectivity index (χ1) is 9.15. The zero-order chi connectivity index (χ0) is 13.7. The van der Waals surface area contributed by atoms with Gasteiger partial charge in [-0.05, 0) is 23.8 Å². The zero-order valence-electron chi connectivity index (χ0n) is 9.82. The summed E-state index contributed by atoms with van der Waals surface area (Å²) in [4.78, 5) is 3.70. The van der Waals surface area contributed by atoms with Gasteiger partial charge >= 0.3 is 6.61 Å². The summed E-state index contributed by atoms with van der Waals surface area (Å²) in [5.41, 5.74) is 1.01. The number of pyridine rings is 1. The van der Waals surface area contributed by atoms with Crippen molar-refractivity contribution in [1.29, 1.82) is 0 Å². The summed E-state index contributed by atoms with van der Waals surface area (Å²) in [7, 11) is 0. The molecule has 1 N–H and O–H groups in total. The number of rotatable bonds is 5. The Morgan fingerprint density at radius 2 is 2.00 bits per heavy atom. The van der Waals surface area contributed by atoms with Crippen molar-refractivity contribution < 1.29 is 17.9 Å². The summed E-state index contributed by atoms with van der Waals surface area (Å²) < 4.78 is 41.7. The first kappa shape index (κ1) is 13.2. The third kappa shape index (κ3) is 3.87. The van der Waals surface area contributed by atoms with E-state index in [-0.39, 0.29) is 12.3 Å². The Hall–Kier alpha value is -2.24. The highest BCUT2D eigenvalue weighted by atomic mass is 19.3. The van der Waals surface area contributed by atoms with E-state index in [4.69, 9.17) is 0 Å². The van der Waals surface area contributed by atoms with Gasteiger partial charge in [-0.3, -0.25) is 4.98 Å². The van der Waals surface area contributed by atoms with E-state index in [0.29, 0.717) is 11.3 Å². The molecule has 0 saturated carbocycles. The fourth-order valence-electron chi connectivity index (χ4n) is 1.56. The van der Waals surface area contributed by atoms with E-state index in [0.717, 1.165) is 6.20 Å². The number of nitrogens with zero attached hydrogens (tertiary/aromatic N) is 1. The number of aromatic nitrogens is 1. The van der Waals surface area contributed by atoms with Gasteiger partial charge in [-0.1, -0.05) is 12.1 Å². The molecule has 1 aromatic heterocycles. The smallest absolute Gasteiger partial charge is 0.387 e. The van der Waals surface area contributed by atoms with Crippen molar-refractivity contribution in [2.24, 2.45) is 0 Å². The maximum Gasteiger partial charge on any atom is 0.387 e. The van der Waals surface area contributed by atoms with Gasteiger partial charge in [0.05, 0.1) is 11.9 Å². The third-order valence-electron chi connectivity index (χ3n) is 2.35. The number of benzene rings is 1. The number of ether oxygens (including phenoxy) is 1. The first-order valence-corrected chi connectivity index (χ1v) is 5.52. The predicted molar refractivity (Wildman–Crippen MR) is 64.6 cm³/mol. The minimum Gasteiger partial charge on any atom is -0.433 e. The molecule has 0 spiro atoms. The van der Waals surface area contributed by atoms with Crippen LogP contribution in [-0.4, -0.2) is 11.6 Å². The summed E-state index contributed by atoms with van der Waals surface area (Å²) in [6.45, 7) is -2.63. The third-order valence-corrected chi connectivity index (χ3v) is 2.35. The normalized spacial score (nSPS) is 10.5. The van der Waals surface area contributed by atoms with Crippen LogP contribution >= 0.6 is 0 Å². The fourth-order valence-corrected chi connectivity index (χ4v) is 1.56. The summed E-state index contributed by atoms with van der Waals surface area (Å²) in [5, 5.41) is 2.90. The van der Waals surface area contributed by atoms with E-state index in [1.54, 1.807) is 18.2 Å². The lowest BCUT2D eigenvalue weighted by atomic mass is 10.2. The molecule has 0 unspecified atom stereocenters. The quantitative estimate of drug-likeness (QED) is 0.902. The Morgan fingerprint density at radius 1 is 1.21 bits per heavy atom. The average molecular weight is 268 g/mol. The Kier molecular flexibility index (Phi) is 4.22. The summed E-state index contributed by atoms with van der Waals surface area (Å²) in [6.07, 6.45) is 2.59. The molecule has 0 atom stereocenters. The number of nitrogens with one attached hydrogen (secondary N) is 1. The lowest BCUT2D eigenvalue weighted by Crippen LogP contribution is -2.06. The predicted octanol–water partition coefficient (Wildman–Crippen LogP) is 3.43. The van der Waals surface area contributed by atoms with Crippen LogP contribution < -0.4 is 10.1 Å². The average Bonchev–Trinajstić information content (AvgIpc) is 2.37. The number of halogens is 3. The molecular weight excluding hydrogens is 257 g/mol. The van der Waals surface area contributed by atoms with Crippen molar-refractivity contribution in [3.8, 4) is 5.75 Å². The number of hydrogen-bond acceptors (Lipinski definition) is 3. The number of para-hydroxylation sites is 2. The van der Waals surface area contributed by atoms with Gasteiger partial charge in [-0.25, -0.2) is 4.39 Å². The maximum atomic E-state index is 12.9. The molecule has 100 valence electrons. The maximum absolute atomic E-state index is 12.9. The van der Waals surface area contributed by atoms with Crippen molar-refractivity contribution in [2.45, 2.75) is 13.2 Å². The van der Waals surface area contributed by atoms with Crippen LogP contribution in [0.5, 0.6) is 5.75 Å². The van der Waals surface area contributed by atoms with Gasteiger partial charge in [0.1, 0.15) is 11.6 Å². The van der Waals surface area contributed by atoms with E-state index < -0.39 is 12.4 Å². The highest BCUT2D eigenvalue weighted by Gasteiger charge is 2.08. The van der Waals surface area contributed by atoms with Gasteiger partial charge < -0.3 is 10.1 Å². The van der Waals surface area contributed by atoms with Crippen LogP contribution in [0, 0.1) is 5.82 Å². The molecular formula is C13H11F3N2O. The van der Waals surface area contributed by atoms with Crippen LogP contribution in [0.4, 0.5) is 18.9 Å². The van der Waals surface area contributed by atoms with Crippen molar-refractivity contribution in [1.82, 2.24) is 4.98 Å². The molecule has 2 aromatic rings. The van der Waals surface area contributed by atoms with Crippen molar-refractivity contribution in [3.05, 3.63) is 54.1 Å². The molecule has 0 aliphatic rings. The van der Waals surface area contributed by atoms with Gasteiger partial charge in [0, 0.05) is 12.7 Å². The zero-order valence-corrected chi connectivity index (χ0v) is 9.82. The molecule has 0 fully saturated rings. The number of hydrogen-bond donors (Lipinski definition) is 1. The van der Waals surface area contributed by atoms with E-state index in [1.807, 2.05) is 0 Å². The summed E-state index contributed by atoms with van der Waals surface area (Å²) in [6, 6.07) is 7.62. The Balaban J connectivity index is 2.07. The summed E-state index contributed by atoms with van der Waals surface area (Å²) >= 11 is 0. The molecule has 3 nitrogen and oxygen atoms in total. The van der Waals surface area contributed by atoms with Gasteiger partial charge in [0.25, 0.3) is 0 Å². The van der Waals surface area contributed by atoms with E-state index >= 15 is 0 Å². The van der Waals surface area contributed by atoms with Gasteiger partial charge in [-0.15, -0.1) is 0 Å². The molecule has 2 rings (SSSR count). The lowest BCUT2D eigenvalue weighted by Gasteiger charge is -2.12. The van der Waals surface area contributed by atoms with Crippen LogP contribution in [0.1, 0.15) is 5.56 Å².